The van der Waals surface area contributed by atoms with Crippen molar-refractivity contribution in [3.8, 4) is 5.75 Å². The molecule has 108 valence electrons. The van der Waals surface area contributed by atoms with Crippen molar-refractivity contribution >= 4 is 11.6 Å². The Kier molecular flexibility index (Phi) is 3.25. The first-order chi connectivity index (χ1) is 10.0. The van der Waals surface area contributed by atoms with Gasteiger partial charge in [0.05, 0.1) is 12.6 Å². The maximum atomic E-state index is 13.5. The molecule has 0 saturated carbocycles. The van der Waals surface area contributed by atoms with Crippen molar-refractivity contribution in [1.82, 2.24) is 0 Å². The number of nitrogens with zero attached hydrogens (tertiary/aromatic N) is 2. The molecule has 1 unspecified atom stereocenters. The summed E-state index contributed by atoms with van der Waals surface area (Å²) in [6, 6.07) is 11.7. The van der Waals surface area contributed by atoms with Gasteiger partial charge in [-0.3, -0.25) is 4.99 Å². The van der Waals surface area contributed by atoms with E-state index in [1.54, 1.807) is 6.07 Å². The van der Waals surface area contributed by atoms with E-state index in [9.17, 15) is 9.50 Å². The van der Waals surface area contributed by atoms with Crippen molar-refractivity contribution in [2.24, 2.45) is 10.7 Å². The number of halogens is 1. The minimum atomic E-state index is -0.473. The van der Waals surface area contributed by atoms with Crippen molar-refractivity contribution in [3.05, 3.63) is 59.4 Å². The number of anilines is 1. The number of hydrogen-bond acceptors (Lipinski definition) is 4. The van der Waals surface area contributed by atoms with Gasteiger partial charge in [0.2, 0.25) is 0 Å². The largest absolute Gasteiger partial charge is 0.508 e. The Bertz CT molecular complexity index is 694. The zero-order valence-corrected chi connectivity index (χ0v) is 11.6. The fourth-order valence-electron chi connectivity index (χ4n) is 2.63. The molecular weight excluding hydrogens is 269 g/mol. The van der Waals surface area contributed by atoms with Crippen LogP contribution >= 0.6 is 0 Å². The zero-order valence-electron chi connectivity index (χ0n) is 11.6. The van der Waals surface area contributed by atoms with Crippen molar-refractivity contribution in [2.75, 3.05) is 11.4 Å². The minimum Gasteiger partial charge on any atom is -0.508 e. The fraction of sp³-hybridized carbons (Fsp3) is 0.188. The minimum absolute atomic E-state index is 0.0975. The predicted molar refractivity (Wildman–Crippen MR) is 81.0 cm³/mol. The summed E-state index contributed by atoms with van der Waals surface area (Å²) >= 11 is 0. The lowest BCUT2D eigenvalue weighted by molar-refractivity contribution is 0.467. The summed E-state index contributed by atoms with van der Waals surface area (Å²) in [5.74, 6) is -0.173. The molecule has 4 nitrogen and oxygen atoms in total. The third-order valence-corrected chi connectivity index (χ3v) is 3.55. The molecule has 0 radical (unpaired) electrons. The Morgan fingerprint density at radius 3 is 2.81 bits per heavy atom. The Hall–Kier alpha value is -2.56. The summed E-state index contributed by atoms with van der Waals surface area (Å²) in [6.45, 7) is 2.43. The first kappa shape index (κ1) is 13.4. The van der Waals surface area contributed by atoms with E-state index >= 15 is 0 Å². The lowest BCUT2D eigenvalue weighted by Gasteiger charge is -2.27. The van der Waals surface area contributed by atoms with E-state index in [1.807, 2.05) is 36.1 Å². The van der Waals surface area contributed by atoms with Gasteiger partial charge in [0.25, 0.3) is 0 Å². The highest BCUT2D eigenvalue weighted by Gasteiger charge is 2.29. The van der Waals surface area contributed by atoms with E-state index in [4.69, 9.17) is 5.73 Å². The highest BCUT2D eigenvalue weighted by atomic mass is 19.1. The molecule has 3 N–H and O–H groups in total. The van der Waals surface area contributed by atoms with Crippen LogP contribution in [-0.2, 0) is 0 Å². The molecule has 3 rings (SSSR count). The van der Waals surface area contributed by atoms with Crippen LogP contribution in [0, 0.1) is 12.7 Å². The van der Waals surface area contributed by atoms with E-state index in [-0.39, 0.29) is 11.8 Å². The lowest BCUT2D eigenvalue weighted by atomic mass is 10.0. The molecule has 5 heteroatoms. The van der Waals surface area contributed by atoms with E-state index in [2.05, 4.69) is 4.99 Å². The SMILES string of the molecule is Cc1cccc(N2C(N)=NCC2c2cc(O)cc(F)c2)c1. The van der Waals surface area contributed by atoms with Crippen LogP contribution < -0.4 is 10.6 Å². The highest BCUT2D eigenvalue weighted by Crippen LogP contribution is 2.33. The number of aryl methyl sites for hydroxylation is 1. The third-order valence-electron chi connectivity index (χ3n) is 3.55. The molecule has 1 atom stereocenters. The second-order valence-electron chi connectivity index (χ2n) is 5.17. The van der Waals surface area contributed by atoms with Crippen LogP contribution in [0.3, 0.4) is 0 Å². The first-order valence-corrected chi connectivity index (χ1v) is 6.70. The fourth-order valence-corrected chi connectivity index (χ4v) is 2.63. The van der Waals surface area contributed by atoms with Crippen molar-refractivity contribution in [3.63, 3.8) is 0 Å². The van der Waals surface area contributed by atoms with Gasteiger partial charge in [-0.25, -0.2) is 4.39 Å². The quantitative estimate of drug-likeness (QED) is 0.892. The summed E-state index contributed by atoms with van der Waals surface area (Å²) < 4.78 is 13.5. The van der Waals surface area contributed by atoms with Gasteiger partial charge in [-0.2, -0.15) is 0 Å². The second-order valence-corrected chi connectivity index (χ2v) is 5.17. The lowest BCUT2D eigenvalue weighted by Crippen LogP contribution is -2.36. The number of guanidine groups is 1. The van der Waals surface area contributed by atoms with Crippen LogP contribution in [0.5, 0.6) is 5.75 Å². The van der Waals surface area contributed by atoms with Gasteiger partial charge in [0.1, 0.15) is 11.6 Å². The number of phenols is 1. The molecular formula is C16H16FN3O. The number of phenolic OH excluding ortho intramolecular Hbond substituents is 1. The molecule has 2 aromatic carbocycles. The third kappa shape index (κ3) is 2.54. The topological polar surface area (TPSA) is 61.8 Å². The molecule has 0 saturated heterocycles. The molecule has 21 heavy (non-hydrogen) atoms. The molecule has 2 aromatic rings. The Morgan fingerprint density at radius 1 is 1.29 bits per heavy atom. The molecule has 0 bridgehead atoms. The molecule has 0 aliphatic carbocycles. The second kappa shape index (κ2) is 5.09. The number of rotatable bonds is 2. The van der Waals surface area contributed by atoms with Crippen LogP contribution in [0.15, 0.2) is 47.5 Å². The predicted octanol–water partition coefficient (Wildman–Crippen LogP) is 2.72. The summed E-state index contributed by atoms with van der Waals surface area (Å²) in [4.78, 5) is 6.12. The maximum absolute atomic E-state index is 13.5. The van der Waals surface area contributed by atoms with Crippen LogP contribution in [0.25, 0.3) is 0 Å². The highest BCUT2D eigenvalue weighted by molar-refractivity contribution is 5.97. The average molecular weight is 285 g/mol. The van der Waals surface area contributed by atoms with Crippen LogP contribution in [0.4, 0.5) is 10.1 Å². The van der Waals surface area contributed by atoms with Crippen LogP contribution in [0.2, 0.25) is 0 Å². The normalized spacial score (nSPS) is 17.9. The van der Waals surface area contributed by atoms with Gasteiger partial charge in [0.15, 0.2) is 5.96 Å². The molecule has 0 amide bonds. The zero-order chi connectivity index (χ0) is 15.0. The van der Waals surface area contributed by atoms with Gasteiger partial charge in [-0.1, -0.05) is 12.1 Å². The van der Waals surface area contributed by atoms with E-state index in [0.717, 1.165) is 17.3 Å². The van der Waals surface area contributed by atoms with Crippen molar-refractivity contribution in [2.45, 2.75) is 13.0 Å². The van der Waals surface area contributed by atoms with Crippen molar-refractivity contribution in [1.29, 1.82) is 0 Å². The molecule has 0 aromatic heterocycles. The Balaban J connectivity index is 2.02. The van der Waals surface area contributed by atoms with Gasteiger partial charge in [0, 0.05) is 11.8 Å². The van der Waals surface area contributed by atoms with Gasteiger partial charge >= 0.3 is 0 Å². The molecule has 0 spiro atoms. The van der Waals surface area contributed by atoms with E-state index in [1.165, 1.54) is 6.07 Å². The van der Waals surface area contributed by atoms with Gasteiger partial charge in [-0.15, -0.1) is 0 Å². The Morgan fingerprint density at radius 2 is 2.10 bits per heavy atom. The summed E-state index contributed by atoms with van der Waals surface area (Å²) in [6.07, 6.45) is 0. The van der Waals surface area contributed by atoms with Crippen LogP contribution in [0.1, 0.15) is 17.2 Å². The summed E-state index contributed by atoms with van der Waals surface area (Å²) in [7, 11) is 0. The average Bonchev–Trinajstić information content (AvgIpc) is 2.79. The standard InChI is InChI=1S/C16H16FN3O/c1-10-3-2-4-13(5-10)20-15(9-19-16(20)18)11-6-12(17)8-14(21)7-11/h2-8,15,21H,9H2,1H3,(H2,18,19). The number of benzene rings is 2. The van der Waals surface area contributed by atoms with Crippen LogP contribution in [-0.4, -0.2) is 17.6 Å². The van der Waals surface area contributed by atoms with Crippen molar-refractivity contribution < 1.29 is 9.50 Å². The molecule has 1 aliphatic rings. The smallest absolute Gasteiger partial charge is 0.196 e. The number of aromatic hydroxyl groups is 1. The molecule has 1 heterocycles. The maximum Gasteiger partial charge on any atom is 0.196 e. The van der Waals surface area contributed by atoms with E-state index < -0.39 is 5.82 Å². The van der Waals surface area contributed by atoms with Gasteiger partial charge in [-0.05, 0) is 42.3 Å². The Labute approximate surface area is 122 Å². The number of hydrogen-bond donors (Lipinski definition) is 2. The number of aliphatic imine (C=N–C) groups is 1. The number of nitrogens with two attached hydrogens (primary N) is 1. The molecule has 0 fully saturated rings. The summed E-state index contributed by atoms with van der Waals surface area (Å²) in [5, 5.41) is 9.59. The summed E-state index contributed by atoms with van der Waals surface area (Å²) in [5.41, 5.74) is 8.65. The van der Waals surface area contributed by atoms with E-state index in [0.29, 0.717) is 18.1 Å². The van der Waals surface area contributed by atoms with Gasteiger partial charge < -0.3 is 15.7 Å². The first-order valence-electron chi connectivity index (χ1n) is 6.70. The monoisotopic (exact) mass is 285 g/mol. The molecule has 1 aliphatic heterocycles.